The van der Waals surface area contributed by atoms with E-state index in [4.69, 9.17) is 4.52 Å². The lowest BCUT2D eigenvalue weighted by Crippen LogP contribution is -2.43. The molecule has 2 aromatic rings. The maximum Gasteiger partial charge on any atom is 0.289 e. The van der Waals surface area contributed by atoms with Crippen molar-refractivity contribution in [1.29, 1.82) is 0 Å². The SMILES string of the molecule is CC(=O)N(CCc1noc(C(C)C)n1)C1CCN(C(=O)c2nccn2C)C1. The number of imidazole rings is 1. The molecule has 3 heterocycles. The number of carbonyl (C=O) groups is 2. The van der Waals surface area contributed by atoms with Gasteiger partial charge in [-0.05, 0) is 6.42 Å². The van der Waals surface area contributed by atoms with E-state index in [0.717, 1.165) is 6.42 Å². The first kappa shape index (κ1) is 19.1. The van der Waals surface area contributed by atoms with E-state index < -0.39 is 0 Å². The number of rotatable bonds is 6. The Hall–Kier alpha value is -2.71. The van der Waals surface area contributed by atoms with E-state index in [0.29, 0.717) is 43.6 Å². The van der Waals surface area contributed by atoms with Crippen LogP contribution in [0, 0.1) is 0 Å². The van der Waals surface area contributed by atoms with Crippen molar-refractivity contribution in [3.8, 4) is 0 Å². The van der Waals surface area contributed by atoms with Crippen LogP contribution in [0.4, 0.5) is 0 Å². The fraction of sp³-hybridized carbons (Fsp3) is 0.611. The van der Waals surface area contributed by atoms with Gasteiger partial charge in [0.15, 0.2) is 11.6 Å². The molecule has 1 unspecified atom stereocenters. The number of aromatic nitrogens is 4. The molecule has 9 nitrogen and oxygen atoms in total. The molecule has 0 aromatic carbocycles. The van der Waals surface area contributed by atoms with Crippen LogP contribution in [0.2, 0.25) is 0 Å². The molecular weight excluding hydrogens is 348 g/mol. The van der Waals surface area contributed by atoms with E-state index in [-0.39, 0.29) is 23.8 Å². The molecule has 2 aromatic heterocycles. The number of hydrogen-bond acceptors (Lipinski definition) is 6. The smallest absolute Gasteiger partial charge is 0.289 e. The molecule has 0 spiro atoms. The van der Waals surface area contributed by atoms with Gasteiger partial charge >= 0.3 is 0 Å². The minimum absolute atomic E-state index is 0.0109. The lowest BCUT2D eigenvalue weighted by molar-refractivity contribution is -0.130. The molecule has 1 saturated heterocycles. The summed E-state index contributed by atoms with van der Waals surface area (Å²) in [7, 11) is 1.80. The van der Waals surface area contributed by atoms with Gasteiger partial charge in [-0.2, -0.15) is 4.98 Å². The van der Waals surface area contributed by atoms with Crippen molar-refractivity contribution in [2.75, 3.05) is 19.6 Å². The Balaban J connectivity index is 1.61. The highest BCUT2D eigenvalue weighted by Gasteiger charge is 2.33. The van der Waals surface area contributed by atoms with Crippen LogP contribution in [-0.4, -0.2) is 67.0 Å². The molecule has 1 atom stereocenters. The summed E-state index contributed by atoms with van der Waals surface area (Å²) in [4.78, 5) is 36.8. The molecule has 3 rings (SSSR count). The Kier molecular flexibility index (Phi) is 5.57. The predicted octanol–water partition coefficient (Wildman–Crippen LogP) is 1.23. The summed E-state index contributed by atoms with van der Waals surface area (Å²) in [5.74, 6) is 1.68. The molecule has 146 valence electrons. The highest BCUT2D eigenvalue weighted by atomic mass is 16.5. The Bertz CT molecular complexity index is 812. The van der Waals surface area contributed by atoms with Crippen LogP contribution in [0.15, 0.2) is 16.9 Å². The van der Waals surface area contributed by atoms with Crippen molar-refractivity contribution in [2.45, 2.75) is 45.6 Å². The zero-order chi connectivity index (χ0) is 19.6. The van der Waals surface area contributed by atoms with Gasteiger partial charge in [-0.15, -0.1) is 0 Å². The first-order chi connectivity index (χ1) is 12.9. The molecule has 1 fully saturated rings. The van der Waals surface area contributed by atoms with Crippen LogP contribution in [0.25, 0.3) is 0 Å². The minimum atomic E-state index is -0.103. The number of carbonyl (C=O) groups excluding carboxylic acids is 2. The fourth-order valence-corrected chi connectivity index (χ4v) is 3.31. The van der Waals surface area contributed by atoms with E-state index in [1.807, 2.05) is 13.8 Å². The van der Waals surface area contributed by atoms with Crippen molar-refractivity contribution >= 4 is 11.8 Å². The van der Waals surface area contributed by atoms with Crippen molar-refractivity contribution < 1.29 is 14.1 Å². The molecule has 0 N–H and O–H groups in total. The second-order valence-electron chi connectivity index (χ2n) is 7.22. The number of hydrogen-bond donors (Lipinski definition) is 0. The normalized spacial score (nSPS) is 16.9. The molecule has 0 saturated carbocycles. The summed E-state index contributed by atoms with van der Waals surface area (Å²) in [6, 6.07) is -0.0109. The summed E-state index contributed by atoms with van der Waals surface area (Å²) in [5.41, 5.74) is 0. The standard InChI is InChI=1S/C18H26N6O3/c1-12(2)17-20-15(21-27-17)6-9-24(13(3)25)14-5-8-23(11-14)18(26)16-19-7-10-22(16)4/h7,10,12,14H,5-6,8-9,11H2,1-4H3. The average molecular weight is 374 g/mol. The summed E-state index contributed by atoms with van der Waals surface area (Å²) in [6.45, 7) is 7.16. The fourth-order valence-electron chi connectivity index (χ4n) is 3.31. The van der Waals surface area contributed by atoms with Gasteiger partial charge < -0.3 is 18.9 Å². The average Bonchev–Trinajstić information content (AvgIpc) is 3.34. The molecule has 0 bridgehead atoms. The van der Waals surface area contributed by atoms with Crippen LogP contribution in [0.1, 0.15) is 55.4 Å². The molecule has 1 aliphatic rings. The van der Waals surface area contributed by atoms with Gasteiger partial charge in [0.1, 0.15) is 0 Å². The summed E-state index contributed by atoms with van der Waals surface area (Å²) < 4.78 is 6.93. The van der Waals surface area contributed by atoms with E-state index >= 15 is 0 Å². The van der Waals surface area contributed by atoms with Gasteiger partial charge in [0.25, 0.3) is 5.91 Å². The Morgan fingerprint density at radius 3 is 2.78 bits per heavy atom. The van der Waals surface area contributed by atoms with Gasteiger partial charge in [0.05, 0.1) is 6.04 Å². The zero-order valence-electron chi connectivity index (χ0n) is 16.3. The first-order valence-electron chi connectivity index (χ1n) is 9.23. The zero-order valence-corrected chi connectivity index (χ0v) is 16.3. The molecule has 0 aliphatic carbocycles. The van der Waals surface area contributed by atoms with Crippen LogP contribution < -0.4 is 0 Å². The van der Waals surface area contributed by atoms with Crippen molar-refractivity contribution in [2.24, 2.45) is 7.05 Å². The quantitative estimate of drug-likeness (QED) is 0.754. The Morgan fingerprint density at radius 1 is 1.41 bits per heavy atom. The highest BCUT2D eigenvalue weighted by Crippen LogP contribution is 2.19. The third-order valence-corrected chi connectivity index (χ3v) is 4.86. The lowest BCUT2D eigenvalue weighted by atomic mass is 10.2. The molecule has 1 aliphatic heterocycles. The Labute approximate surface area is 158 Å². The predicted molar refractivity (Wildman–Crippen MR) is 97.0 cm³/mol. The van der Waals surface area contributed by atoms with E-state index in [1.54, 1.807) is 40.7 Å². The van der Waals surface area contributed by atoms with Crippen LogP contribution in [0.3, 0.4) is 0 Å². The van der Waals surface area contributed by atoms with Crippen LogP contribution in [0.5, 0.6) is 0 Å². The summed E-state index contributed by atoms with van der Waals surface area (Å²) in [6.07, 6.45) is 4.64. The highest BCUT2D eigenvalue weighted by molar-refractivity contribution is 5.91. The number of amides is 2. The monoisotopic (exact) mass is 374 g/mol. The second kappa shape index (κ2) is 7.89. The topological polar surface area (TPSA) is 97.4 Å². The van der Waals surface area contributed by atoms with Crippen LogP contribution in [-0.2, 0) is 18.3 Å². The summed E-state index contributed by atoms with van der Waals surface area (Å²) in [5, 5.41) is 3.98. The number of aryl methyl sites for hydroxylation is 1. The lowest BCUT2D eigenvalue weighted by Gasteiger charge is -2.27. The number of nitrogens with zero attached hydrogens (tertiary/aromatic N) is 6. The molecule has 9 heteroatoms. The summed E-state index contributed by atoms with van der Waals surface area (Å²) >= 11 is 0. The molecule has 0 radical (unpaired) electrons. The largest absolute Gasteiger partial charge is 0.339 e. The molecular formula is C18H26N6O3. The van der Waals surface area contributed by atoms with Crippen molar-refractivity contribution in [3.05, 3.63) is 29.9 Å². The van der Waals surface area contributed by atoms with Gasteiger partial charge in [-0.1, -0.05) is 19.0 Å². The second-order valence-corrected chi connectivity index (χ2v) is 7.22. The molecule has 2 amide bonds. The minimum Gasteiger partial charge on any atom is -0.339 e. The first-order valence-corrected chi connectivity index (χ1v) is 9.23. The van der Waals surface area contributed by atoms with E-state index in [1.165, 1.54) is 0 Å². The third kappa shape index (κ3) is 4.17. The number of likely N-dealkylation sites (tertiary alicyclic amines) is 1. The van der Waals surface area contributed by atoms with Gasteiger partial charge in [-0.3, -0.25) is 9.59 Å². The Morgan fingerprint density at radius 2 is 2.19 bits per heavy atom. The van der Waals surface area contributed by atoms with Gasteiger partial charge in [-0.25, -0.2) is 4.98 Å². The van der Waals surface area contributed by atoms with Crippen molar-refractivity contribution in [1.82, 2.24) is 29.5 Å². The molecule has 27 heavy (non-hydrogen) atoms. The van der Waals surface area contributed by atoms with Crippen molar-refractivity contribution in [3.63, 3.8) is 0 Å². The van der Waals surface area contributed by atoms with Gasteiger partial charge in [0.2, 0.25) is 11.8 Å². The van der Waals surface area contributed by atoms with Crippen LogP contribution >= 0.6 is 0 Å². The maximum atomic E-state index is 12.6. The van der Waals surface area contributed by atoms with Gasteiger partial charge in [0, 0.05) is 58.3 Å². The van der Waals surface area contributed by atoms with E-state index in [2.05, 4.69) is 15.1 Å². The third-order valence-electron chi connectivity index (χ3n) is 4.86. The maximum absolute atomic E-state index is 12.6. The van der Waals surface area contributed by atoms with E-state index in [9.17, 15) is 9.59 Å².